The summed E-state index contributed by atoms with van der Waals surface area (Å²) in [5, 5.41) is 17.3. The van der Waals surface area contributed by atoms with Crippen molar-refractivity contribution in [2.24, 2.45) is 0 Å². The first-order valence-electron chi connectivity index (χ1n) is 13.2. The lowest BCUT2D eigenvalue weighted by molar-refractivity contribution is -0.127. The van der Waals surface area contributed by atoms with Crippen molar-refractivity contribution in [2.45, 2.75) is 18.9 Å². The second-order valence-electron chi connectivity index (χ2n) is 10.1. The molecule has 1 unspecified atom stereocenters. The number of hydrogen-bond acceptors (Lipinski definition) is 9. The average molecular weight is 551 g/mol. The van der Waals surface area contributed by atoms with Crippen molar-refractivity contribution in [3.8, 4) is 17.3 Å². The van der Waals surface area contributed by atoms with E-state index in [2.05, 4.69) is 20.3 Å². The quantitative estimate of drug-likeness (QED) is 0.330. The minimum Gasteiger partial charge on any atom is -0.383 e. The molecular weight excluding hydrogens is 520 g/mol. The van der Waals surface area contributed by atoms with Crippen LogP contribution in [0.25, 0.3) is 22.3 Å². The normalized spacial score (nSPS) is 15.4. The molecule has 0 bridgehead atoms. The highest BCUT2D eigenvalue weighted by atomic mass is 16.2. The van der Waals surface area contributed by atoms with Crippen LogP contribution < -0.4 is 11.1 Å². The van der Waals surface area contributed by atoms with Gasteiger partial charge in [-0.3, -0.25) is 9.59 Å². The van der Waals surface area contributed by atoms with Crippen LogP contribution in [0.1, 0.15) is 34.8 Å². The van der Waals surface area contributed by atoms with Crippen molar-refractivity contribution in [3.05, 3.63) is 72.2 Å². The zero-order chi connectivity index (χ0) is 28.9. The Morgan fingerprint density at radius 1 is 1.20 bits per heavy atom. The second-order valence-corrected chi connectivity index (χ2v) is 10.1. The van der Waals surface area contributed by atoms with E-state index in [4.69, 9.17) is 16.1 Å². The molecule has 0 aliphatic carbocycles. The van der Waals surface area contributed by atoms with Gasteiger partial charge in [-0.15, -0.1) is 0 Å². The van der Waals surface area contributed by atoms with Crippen LogP contribution in [0.5, 0.6) is 0 Å². The topological polar surface area (TPSA) is 159 Å². The number of likely N-dealkylation sites (N-methyl/N-ethyl adjacent to an activating group) is 1. The molecule has 12 heteroatoms. The van der Waals surface area contributed by atoms with Gasteiger partial charge in [-0.1, -0.05) is 18.2 Å². The van der Waals surface area contributed by atoms with Crippen LogP contribution >= 0.6 is 0 Å². The predicted octanol–water partition coefficient (Wildman–Crippen LogP) is 2.88. The van der Waals surface area contributed by atoms with E-state index < -0.39 is 0 Å². The Bertz CT molecular complexity index is 1650. The highest BCUT2D eigenvalue weighted by Gasteiger charge is 2.28. The monoisotopic (exact) mass is 550 g/mol. The maximum Gasteiger partial charge on any atom is 0.256 e. The molecule has 0 saturated carbocycles. The number of benzene rings is 1. The third-order valence-corrected chi connectivity index (χ3v) is 6.85. The molecule has 208 valence electrons. The fourth-order valence-electron chi connectivity index (χ4n) is 4.81. The standard InChI is InChI=1S/C29H30N10O2/c1-37(2)13-4-6-24(40)38-14-3-5-22(17-38)39-28-25(27(31)33-18-34-28)26(36-39)20-7-9-21(10-8-20)29(41)35-23-15-19(16-30)11-12-32-23/h4,6-12,15,18,22H,3,5,13-14,17H2,1-2H3,(H2,31,33,34)(H,32,35,41)/b6-4+. The van der Waals surface area contributed by atoms with Gasteiger partial charge in [0.05, 0.1) is 23.1 Å². The number of fused-ring (bicyclic) bond motifs is 1. The fourth-order valence-corrected chi connectivity index (χ4v) is 4.81. The van der Waals surface area contributed by atoms with Gasteiger partial charge >= 0.3 is 0 Å². The number of nitrogens with two attached hydrogens (primary N) is 1. The number of nitriles is 1. The zero-order valence-electron chi connectivity index (χ0n) is 22.9. The molecule has 1 saturated heterocycles. The number of pyridine rings is 1. The molecule has 4 heterocycles. The largest absolute Gasteiger partial charge is 0.383 e. The van der Waals surface area contributed by atoms with Gasteiger partial charge in [0.1, 0.15) is 23.7 Å². The molecule has 1 aliphatic rings. The van der Waals surface area contributed by atoms with E-state index in [1.54, 1.807) is 36.4 Å². The van der Waals surface area contributed by atoms with Gasteiger partial charge in [-0.05, 0) is 51.2 Å². The molecule has 1 aliphatic heterocycles. The lowest BCUT2D eigenvalue weighted by atomic mass is 10.1. The van der Waals surface area contributed by atoms with Crippen molar-refractivity contribution in [2.75, 3.05) is 44.8 Å². The van der Waals surface area contributed by atoms with Gasteiger partial charge in [0, 0.05) is 43.0 Å². The minimum absolute atomic E-state index is 0.0224. The number of hydrogen-bond donors (Lipinski definition) is 2. The Labute approximate surface area is 237 Å². The number of nitrogen functional groups attached to an aromatic ring is 1. The third-order valence-electron chi connectivity index (χ3n) is 6.85. The average Bonchev–Trinajstić information content (AvgIpc) is 3.38. The van der Waals surface area contributed by atoms with E-state index in [0.717, 1.165) is 18.4 Å². The van der Waals surface area contributed by atoms with Gasteiger partial charge < -0.3 is 20.9 Å². The summed E-state index contributed by atoms with van der Waals surface area (Å²) in [6.07, 6.45) is 8.05. The predicted molar refractivity (Wildman–Crippen MR) is 155 cm³/mol. The SMILES string of the molecule is CN(C)C/C=C/C(=O)N1CCCC(n2nc(-c3ccc(C(=O)Nc4cc(C#N)ccn4)cc3)c3c(N)ncnc32)C1. The van der Waals surface area contributed by atoms with Crippen molar-refractivity contribution in [3.63, 3.8) is 0 Å². The molecule has 41 heavy (non-hydrogen) atoms. The molecule has 1 aromatic carbocycles. The number of nitrogens with zero attached hydrogens (tertiary/aromatic N) is 8. The Kier molecular flexibility index (Phi) is 7.98. The maximum absolute atomic E-state index is 12.8. The van der Waals surface area contributed by atoms with Crippen LogP contribution in [-0.2, 0) is 4.79 Å². The summed E-state index contributed by atoms with van der Waals surface area (Å²) in [6.45, 7) is 1.88. The highest BCUT2D eigenvalue weighted by molar-refractivity contribution is 6.04. The van der Waals surface area contributed by atoms with Gasteiger partial charge in [-0.2, -0.15) is 10.4 Å². The first kappa shape index (κ1) is 27.4. The number of carbonyl (C=O) groups is 2. The van der Waals surface area contributed by atoms with Crippen LogP contribution in [0, 0.1) is 11.3 Å². The number of nitrogens with one attached hydrogen (secondary N) is 1. The molecule has 4 aromatic rings. The van der Waals surface area contributed by atoms with E-state index in [1.807, 2.05) is 40.7 Å². The zero-order valence-corrected chi connectivity index (χ0v) is 22.9. The van der Waals surface area contributed by atoms with E-state index >= 15 is 0 Å². The molecule has 3 aromatic heterocycles. The molecule has 5 rings (SSSR count). The van der Waals surface area contributed by atoms with Crippen LogP contribution in [0.15, 0.2) is 61.1 Å². The van der Waals surface area contributed by atoms with Crippen LogP contribution in [0.2, 0.25) is 0 Å². The van der Waals surface area contributed by atoms with Crippen molar-refractivity contribution in [1.29, 1.82) is 5.26 Å². The minimum atomic E-state index is -0.357. The number of carbonyl (C=O) groups excluding carboxylic acids is 2. The van der Waals surface area contributed by atoms with E-state index in [-0.39, 0.29) is 17.9 Å². The number of amides is 2. The molecule has 1 atom stereocenters. The molecule has 1 fully saturated rings. The van der Waals surface area contributed by atoms with Crippen molar-refractivity contribution >= 4 is 34.5 Å². The fraction of sp³-hybridized carbons (Fsp3) is 0.276. The molecule has 0 radical (unpaired) electrons. The van der Waals surface area contributed by atoms with Crippen LogP contribution in [0.4, 0.5) is 11.6 Å². The lowest BCUT2D eigenvalue weighted by Crippen LogP contribution is -2.40. The first-order valence-corrected chi connectivity index (χ1v) is 13.2. The van der Waals surface area contributed by atoms with Gasteiger partial charge in [0.15, 0.2) is 5.65 Å². The smallest absolute Gasteiger partial charge is 0.256 e. The molecule has 3 N–H and O–H groups in total. The summed E-state index contributed by atoms with van der Waals surface area (Å²) in [6, 6.07) is 12.0. The molecule has 12 nitrogen and oxygen atoms in total. The molecule has 0 spiro atoms. The van der Waals surface area contributed by atoms with Crippen LogP contribution in [-0.4, -0.2) is 80.1 Å². The number of aromatic nitrogens is 5. The Morgan fingerprint density at radius 3 is 2.76 bits per heavy atom. The number of piperidine rings is 1. The van der Waals surface area contributed by atoms with Crippen LogP contribution in [0.3, 0.4) is 0 Å². The summed E-state index contributed by atoms with van der Waals surface area (Å²) in [5.74, 6) is 0.215. The van der Waals surface area contributed by atoms with E-state index in [1.165, 1.54) is 18.6 Å². The van der Waals surface area contributed by atoms with Gasteiger partial charge in [0.2, 0.25) is 5.91 Å². The Hall–Kier alpha value is -5.15. The maximum atomic E-state index is 12.8. The summed E-state index contributed by atoms with van der Waals surface area (Å²) >= 11 is 0. The number of anilines is 2. The second kappa shape index (κ2) is 11.9. The number of rotatable bonds is 7. The van der Waals surface area contributed by atoms with Crippen molar-refractivity contribution in [1.82, 2.24) is 34.5 Å². The Balaban J connectivity index is 1.40. The first-order chi connectivity index (χ1) is 19.8. The van der Waals surface area contributed by atoms with E-state index in [9.17, 15) is 9.59 Å². The third kappa shape index (κ3) is 6.05. The van der Waals surface area contributed by atoms with Gasteiger partial charge in [0.25, 0.3) is 5.91 Å². The molecule has 2 amide bonds. The lowest BCUT2D eigenvalue weighted by Gasteiger charge is -2.32. The summed E-state index contributed by atoms with van der Waals surface area (Å²) in [7, 11) is 3.91. The van der Waals surface area contributed by atoms with E-state index in [0.29, 0.717) is 59.1 Å². The summed E-state index contributed by atoms with van der Waals surface area (Å²) in [4.78, 5) is 42.2. The van der Waals surface area contributed by atoms with Crippen molar-refractivity contribution < 1.29 is 9.59 Å². The Morgan fingerprint density at radius 2 is 2.00 bits per heavy atom. The summed E-state index contributed by atoms with van der Waals surface area (Å²) < 4.78 is 1.85. The van der Waals surface area contributed by atoms with Gasteiger partial charge in [-0.25, -0.2) is 19.6 Å². The highest BCUT2D eigenvalue weighted by Crippen LogP contribution is 2.34. The number of likely N-dealkylation sites (tertiary alicyclic amines) is 1. The summed E-state index contributed by atoms with van der Waals surface area (Å²) in [5.41, 5.74) is 9.06. The molecular formula is C29H30N10O2.